The van der Waals surface area contributed by atoms with E-state index in [9.17, 15) is 0 Å². The van der Waals surface area contributed by atoms with Gasteiger partial charge in [0.15, 0.2) is 5.13 Å². The van der Waals surface area contributed by atoms with Gasteiger partial charge < -0.3 is 15.0 Å². The van der Waals surface area contributed by atoms with E-state index in [4.69, 9.17) is 15.0 Å². The van der Waals surface area contributed by atoms with Crippen molar-refractivity contribution < 1.29 is 9.31 Å². The van der Waals surface area contributed by atoms with Crippen molar-refractivity contribution in [3.8, 4) is 5.13 Å². The Morgan fingerprint density at radius 1 is 1.25 bits per heavy atom. The Kier molecular flexibility index (Phi) is 2.93. The molecule has 0 aliphatic carbocycles. The standard InChI is InChI=1S/C12H17BN4O2S/c1-11(2)12(3,4)19-13(18-11)8-5-17(7-15-8)10-16-9(14)6-20-10/h5-7H,14H2,1-4H3. The zero-order valence-corrected chi connectivity index (χ0v) is 12.8. The van der Waals surface area contributed by atoms with Crippen molar-refractivity contribution in [3.63, 3.8) is 0 Å². The zero-order chi connectivity index (χ0) is 14.5. The highest BCUT2D eigenvalue weighted by Crippen LogP contribution is 2.36. The molecule has 1 saturated heterocycles. The predicted octanol–water partition coefficient (Wildman–Crippen LogP) is 1.21. The first kappa shape index (κ1) is 13.6. The third-order valence-corrected chi connectivity index (χ3v) is 4.70. The van der Waals surface area contributed by atoms with Gasteiger partial charge in [-0.05, 0) is 27.7 Å². The summed E-state index contributed by atoms with van der Waals surface area (Å²) in [5.41, 5.74) is 5.63. The summed E-state index contributed by atoms with van der Waals surface area (Å²) in [6.07, 6.45) is 3.55. The van der Waals surface area contributed by atoms with Gasteiger partial charge in [0.25, 0.3) is 0 Å². The molecule has 8 heteroatoms. The summed E-state index contributed by atoms with van der Waals surface area (Å²) in [6, 6.07) is 0. The Labute approximate surface area is 122 Å². The first-order valence-corrected chi connectivity index (χ1v) is 7.27. The summed E-state index contributed by atoms with van der Waals surface area (Å²) < 4.78 is 13.8. The van der Waals surface area contributed by atoms with Crippen LogP contribution >= 0.6 is 11.3 Å². The molecule has 3 heterocycles. The van der Waals surface area contributed by atoms with Crippen LogP contribution in [0, 0.1) is 0 Å². The minimum Gasteiger partial charge on any atom is -0.398 e. The van der Waals surface area contributed by atoms with E-state index in [2.05, 4.69) is 9.97 Å². The van der Waals surface area contributed by atoms with Gasteiger partial charge in [0.05, 0.1) is 16.8 Å². The zero-order valence-electron chi connectivity index (χ0n) is 12.0. The smallest absolute Gasteiger partial charge is 0.398 e. The molecular formula is C12H17BN4O2S. The molecule has 0 bridgehead atoms. The number of nitrogens with zero attached hydrogens (tertiary/aromatic N) is 3. The van der Waals surface area contributed by atoms with E-state index >= 15 is 0 Å². The summed E-state index contributed by atoms with van der Waals surface area (Å²) in [5.74, 6) is 0.510. The van der Waals surface area contributed by atoms with Gasteiger partial charge in [-0.1, -0.05) is 0 Å². The van der Waals surface area contributed by atoms with Gasteiger partial charge in [-0.15, -0.1) is 11.3 Å². The van der Waals surface area contributed by atoms with Crippen molar-refractivity contribution in [2.45, 2.75) is 38.9 Å². The van der Waals surface area contributed by atoms with Crippen molar-refractivity contribution >= 4 is 29.9 Å². The van der Waals surface area contributed by atoms with Crippen LogP contribution in [0.25, 0.3) is 5.13 Å². The number of nitrogen functional groups attached to an aromatic ring is 1. The van der Waals surface area contributed by atoms with Gasteiger partial charge in [0.1, 0.15) is 12.1 Å². The minimum atomic E-state index is -0.460. The van der Waals surface area contributed by atoms with E-state index < -0.39 is 7.12 Å². The van der Waals surface area contributed by atoms with E-state index in [1.54, 1.807) is 11.7 Å². The van der Waals surface area contributed by atoms with E-state index in [-0.39, 0.29) is 11.2 Å². The van der Waals surface area contributed by atoms with Crippen LogP contribution in [0.1, 0.15) is 27.7 Å². The minimum absolute atomic E-state index is 0.368. The number of hydrogen-bond donors (Lipinski definition) is 1. The predicted molar refractivity (Wildman–Crippen MR) is 79.4 cm³/mol. The highest BCUT2D eigenvalue weighted by atomic mass is 32.1. The van der Waals surface area contributed by atoms with Crippen LogP contribution < -0.4 is 11.3 Å². The van der Waals surface area contributed by atoms with Crippen LogP contribution in [0.4, 0.5) is 5.82 Å². The van der Waals surface area contributed by atoms with Crippen molar-refractivity contribution in [2.24, 2.45) is 0 Å². The molecule has 0 spiro atoms. The first-order valence-electron chi connectivity index (χ1n) is 6.39. The van der Waals surface area contributed by atoms with E-state index in [1.807, 2.05) is 38.5 Å². The Morgan fingerprint density at radius 2 is 1.90 bits per heavy atom. The molecule has 2 N–H and O–H groups in total. The fraction of sp³-hybridized carbons (Fsp3) is 0.500. The van der Waals surface area contributed by atoms with Crippen molar-refractivity contribution in [3.05, 3.63) is 17.9 Å². The maximum atomic E-state index is 5.96. The summed E-state index contributed by atoms with van der Waals surface area (Å²) >= 11 is 1.46. The molecule has 0 radical (unpaired) electrons. The number of imidazole rings is 1. The molecule has 1 aliphatic rings. The molecule has 0 saturated carbocycles. The molecular weight excluding hydrogens is 275 g/mol. The van der Waals surface area contributed by atoms with Gasteiger partial charge >= 0.3 is 7.12 Å². The van der Waals surface area contributed by atoms with Crippen LogP contribution in [0.2, 0.25) is 0 Å². The molecule has 1 aliphatic heterocycles. The van der Waals surface area contributed by atoms with Crippen molar-refractivity contribution in [1.29, 1.82) is 0 Å². The number of anilines is 1. The quantitative estimate of drug-likeness (QED) is 0.842. The van der Waals surface area contributed by atoms with Gasteiger partial charge in [0, 0.05) is 11.6 Å². The van der Waals surface area contributed by atoms with E-state index in [1.165, 1.54) is 11.3 Å². The van der Waals surface area contributed by atoms with Crippen molar-refractivity contribution in [2.75, 3.05) is 5.73 Å². The monoisotopic (exact) mass is 292 g/mol. The molecule has 20 heavy (non-hydrogen) atoms. The second-order valence-electron chi connectivity index (χ2n) is 5.85. The largest absolute Gasteiger partial charge is 0.516 e. The second-order valence-corrected chi connectivity index (χ2v) is 6.69. The van der Waals surface area contributed by atoms with Gasteiger partial charge in [0.2, 0.25) is 0 Å². The van der Waals surface area contributed by atoms with Gasteiger partial charge in [-0.3, -0.25) is 4.57 Å². The fourth-order valence-electron chi connectivity index (χ4n) is 1.92. The normalized spacial score (nSPS) is 20.5. The Balaban J connectivity index is 1.85. The maximum Gasteiger partial charge on any atom is 0.516 e. The van der Waals surface area contributed by atoms with Crippen LogP contribution in [-0.4, -0.2) is 32.9 Å². The van der Waals surface area contributed by atoms with Crippen LogP contribution in [0.3, 0.4) is 0 Å². The second kappa shape index (κ2) is 4.31. The van der Waals surface area contributed by atoms with E-state index in [0.717, 1.165) is 10.7 Å². The molecule has 0 atom stereocenters. The van der Waals surface area contributed by atoms with Crippen molar-refractivity contribution in [1.82, 2.24) is 14.5 Å². The first-order chi connectivity index (χ1) is 9.28. The van der Waals surface area contributed by atoms with Crippen LogP contribution in [0.15, 0.2) is 17.9 Å². The lowest BCUT2D eigenvalue weighted by atomic mass is 9.86. The molecule has 2 aromatic heterocycles. The number of hydrogen-bond acceptors (Lipinski definition) is 6. The number of nitrogens with two attached hydrogens (primary N) is 1. The number of thiazole rings is 1. The van der Waals surface area contributed by atoms with Crippen LogP contribution in [0.5, 0.6) is 0 Å². The third kappa shape index (κ3) is 2.13. The molecule has 3 rings (SSSR count). The molecule has 0 amide bonds. The SMILES string of the molecule is CC1(C)OB(c2cn(-c3nc(N)cs3)cn2)OC1(C)C. The lowest BCUT2D eigenvalue weighted by Crippen LogP contribution is -2.41. The summed E-state index contributed by atoms with van der Waals surface area (Å²) in [7, 11) is -0.460. The molecule has 2 aromatic rings. The maximum absolute atomic E-state index is 5.96. The molecule has 106 valence electrons. The average Bonchev–Trinajstić information content (AvgIpc) is 2.98. The summed E-state index contributed by atoms with van der Waals surface area (Å²) in [5, 5.41) is 2.57. The average molecular weight is 292 g/mol. The molecule has 1 fully saturated rings. The van der Waals surface area contributed by atoms with Gasteiger partial charge in [-0.2, -0.15) is 0 Å². The lowest BCUT2D eigenvalue weighted by molar-refractivity contribution is 0.00578. The molecule has 0 aromatic carbocycles. The Bertz CT molecular complexity index is 621. The Hall–Kier alpha value is -1.38. The summed E-state index contributed by atoms with van der Waals surface area (Å²) in [4.78, 5) is 8.57. The van der Waals surface area contributed by atoms with Gasteiger partial charge in [-0.25, -0.2) is 9.97 Å². The molecule has 0 unspecified atom stereocenters. The highest BCUT2D eigenvalue weighted by Gasteiger charge is 2.52. The highest BCUT2D eigenvalue weighted by molar-refractivity contribution is 7.12. The third-order valence-electron chi connectivity index (χ3n) is 3.83. The van der Waals surface area contributed by atoms with E-state index in [0.29, 0.717) is 5.82 Å². The summed E-state index contributed by atoms with van der Waals surface area (Å²) in [6.45, 7) is 8.08. The Morgan fingerprint density at radius 3 is 2.45 bits per heavy atom. The molecule has 6 nitrogen and oxygen atoms in total. The number of aromatic nitrogens is 3. The topological polar surface area (TPSA) is 75.2 Å². The number of rotatable bonds is 2. The fourth-order valence-corrected chi connectivity index (χ4v) is 2.58. The lowest BCUT2D eigenvalue weighted by Gasteiger charge is -2.32. The van der Waals surface area contributed by atoms with Crippen LogP contribution in [-0.2, 0) is 9.31 Å².